The van der Waals surface area contributed by atoms with Crippen molar-refractivity contribution in [2.45, 2.75) is 28.7 Å². The van der Waals surface area contributed by atoms with Crippen LogP contribution in [0.1, 0.15) is 12.8 Å². The number of anilines is 1. The fourth-order valence-electron chi connectivity index (χ4n) is 2.02. The molecule has 0 aromatic heterocycles. The van der Waals surface area contributed by atoms with E-state index in [1.807, 2.05) is 0 Å². The Labute approximate surface area is 149 Å². The normalized spacial score (nSPS) is 15.2. The average molecular weight is 431 g/mol. The van der Waals surface area contributed by atoms with Gasteiger partial charge in [-0.05, 0) is 61.4 Å². The van der Waals surface area contributed by atoms with Crippen molar-refractivity contribution in [1.29, 1.82) is 0 Å². The van der Waals surface area contributed by atoms with Crippen molar-refractivity contribution >= 4 is 41.7 Å². The summed E-state index contributed by atoms with van der Waals surface area (Å²) in [4.78, 5) is 0.235. The van der Waals surface area contributed by atoms with E-state index in [0.29, 0.717) is 5.69 Å². The van der Waals surface area contributed by atoms with Crippen molar-refractivity contribution in [2.75, 3.05) is 4.72 Å². The van der Waals surface area contributed by atoms with E-state index in [0.717, 1.165) is 17.3 Å². The molecular formula is C15H15BrN2O4S2. The molecule has 1 saturated carbocycles. The Morgan fingerprint density at radius 3 is 1.83 bits per heavy atom. The van der Waals surface area contributed by atoms with Gasteiger partial charge in [-0.25, -0.2) is 21.6 Å². The van der Waals surface area contributed by atoms with E-state index in [2.05, 4.69) is 25.4 Å². The van der Waals surface area contributed by atoms with Crippen LogP contribution in [0.5, 0.6) is 0 Å². The number of nitrogens with one attached hydrogen (secondary N) is 2. The summed E-state index contributed by atoms with van der Waals surface area (Å²) in [6.45, 7) is 0. The van der Waals surface area contributed by atoms with E-state index in [4.69, 9.17) is 0 Å². The minimum absolute atomic E-state index is 0.0191. The highest BCUT2D eigenvalue weighted by atomic mass is 79.9. The summed E-state index contributed by atoms with van der Waals surface area (Å²) in [5.74, 6) is 0. The molecule has 1 aliphatic carbocycles. The molecule has 0 spiro atoms. The van der Waals surface area contributed by atoms with Gasteiger partial charge in [0.15, 0.2) is 0 Å². The predicted octanol–water partition coefficient (Wildman–Crippen LogP) is 2.69. The zero-order chi connectivity index (χ0) is 17.4. The van der Waals surface area contributed by atoms with Crippen LogP contribution in [0, 0.1) is 0 Å². The Balaban J connectivity index is 1.77. The van der Waals surface area contributed by atoms with Crippen LogP contribution in [-0.4, -0.2) is 22.9 Å². The minimum Gasteiger partial charge on any atom is -0.280 e. The lowest BCUT2D eigenvalue weighted by atomic mass is 10.3. The van der Waals surface area contributed by atoms with Crippen LogP contribution in [0.4, 0.5) is 5.69 Å². The third-order valence-corrected chi connectivity index (χ3v) is 6.90. The second-order valence-electron chi connectivity index (χ2n) is 5.48. The second-order valence-corrected chi connectivity index (χ2v) is 9.79. The Hall–Kier alpha value is -1.42. The highest BCUT2D eigenvalue weighted by molar-refractivity contribution is 9.10. The Bertz CT molecular complexity index is 936. The molecule has 0 radical (unpaired) electrons. The molecule has 0 bridgehead atoms. The first kappa shape index (κ1) is 17.4. The molecule has 2 aromatic rings. The maximum absolute atomic E-state index is 12.3. The van der Waals surface area contributed by atoms with Crippen molar-refractivity contribution in [3.05, 3.63) is 53.0 Å². The predicted molar refractivity (Wildman–Crippen MR) is 94.7 cm³/mol. The average Bonchev–Trinajstić information content (AvgIpc) is 3.31. The minimum atomic E-state index is -3.72. The van der Waals surface area contributed by atoms with Crippen LogP contribution >= 0.6 is 15.9 Å². The van der Waals surface area contributed by atoms with Crippen LogP contribution in [0.2, 0.25) is 0 Å². The molecule has 3 rings (SSSR count). The van der Waals surface area contributed by atoms with Gasteiger partial charge in [0, 0.05) is 16.2 Å². The van der Waals surface area contributed by atoms with E-state index >= 15 is 0 Å². The molecule has 0 heterocycles. The molecule has 0 unspecified atom stereocenters. The first-order valence-corrected chi connectivity index (χ1v) is 10.9. The summed E-state index contributed by atoms with van der Waals surface area (Å²) in [5.41, 5.74) is 0.295. The molecule has 0 amide bonds. The first-order valence-electron chi connectivity index (χ1n) is 7.17. The molecule has 2 N–H and O–H groups in total. The maximum atomic E-state index is 12.3. The summed E-state index contributed by atoms with van der Waals surface area (Å²) in [7, 11) is -7.27. The number of rotatable bonds is 6. The molecule has 9 heteroatoms. The number of sulfonamides is 2. The number of halogens is 1. The van der Waals surface area contributed by atoms with Gasteiger partial charge in [0.2, 0.25) is 10.0 Å². The van der Waals surface area contributed by atoms with Crippen molar-refractivity contribution < 1.29 is 16.8 Å². The zero-order valence-electron chi connectivity index (χ0n) is 12.4. The molecule has 0 atom stereocenters. The third kappa shape index (κ3) is 4.15. The van der Waals surface area contributed by atoms with Gasteiger partial charge in [-0.3, -0.25) is 4.72 Å². The van der Waals surface area contributed by atoms with Crippen LogP contribution in [0.15, 0.2) is 62.8 Å². The third-order valence-electron chi connectivity index (χ3n) is 3.44. The molecule has 0 aliphatic heterocycles. The summed E-state index contributed by atoms with van der Waals surface area (Å²) >= 11 is 3.25. The second kappa shape index (κ2) is 6.47. The van der Waals surface area contributed by atoms with E-state index in [9.17, 15) is 16.8 Å². The van der Waals surface area contributed by atoms with Crippen molar-refractivity contribution in [1.82, 2.24) is 4.72 Å². The Kier molecular flexibility index (Phi) is 4.69. The lowest BCUT2D eigenvalue weighted by molar-refractivity contribution is 0.581. The van der Waals surface area contributed by atoms with Gasteiger partial charge >= 0.3 is 0 Å². The van der Waals surface area contributed by atoms with Gasteiger partial charge in [0.25, 0.3) is 10.0 Å². The molecule has 1 fully saturated rings. The number of hydrogen-bond donors (Lipinski definition) is 2. The maximum Gasteiger partial charge on any atom is 0.261 e. The molecule has 1 aliphatic rings. The smallest absolute Gasteiger partial charge is 0.261 e. The first-order chi connectivity index (χ1) is 11.3. The van der Waals surface area contributed by atoms with Gasteiger partial charge in [-0.15, -0.1) is 0 Å². The SMILES string of the molecule is O=S(=O)(Nc1ccc(S(=O)(=O)NC2CC2)cc1)c1ccc(Br)cc1. The molecular weight excluding hydrogens is 416 g/mol. The van der Waals surface area contributed by atoms with Gasteiger partial charge in [-0.1, -0.05) is 15.9 Å². The van der Waals surface area contributed by atoms with Gasteiger partial charge in [0.1, 0.15) is 0 Å². The standard InChI is InChI=1S/C15H15BrN2O4S2/c16-11-1-7-14(8-2-11)23(19,20)18-13-5-9-15(10-6-13)24(21,22)17-12-3-4-12/h1-2,5-10,12,17-18H,3-4H2. The largest absolute Gasteiger partial charge is 0.280 e. The monoisotopic (exact) mass is 430 g/mol. The topological polar surface area (TPSA) is 92.3 Å². The highest BCUT2D eigenvalue weighted by Crippen LogP contribution is 2.23. The van der Waals surface area contributed by atoms with E-state index < -0.39 is 20.0 Å². The van der Waals surface area contributed by atoms with Crippen molar-refractivity contribution in [3.8, 4) is 0 Å². The van der Waals surface area contributed by atoms with E-state index in [1.54, 1.807) is 12.1 Å². The fourth-order valence-corrected chi connectivity index (χ4v) is 4.65. The summed E-state index contributed by atoms with van der Waals surface area (Å²) < 4.78 is 54.5. The van der Waals surface area contributed by atoms with Crippen molar-refractivity contribution in [2.24, 2.45) is 0 Å². The Morgan fingerprint density at radius 2 is 1.29 bits per heavy atom. The summed E-state index contributed by atoms with van der Waals surface area (Å²) in [6.07, 6.45) is 1.70. The number of hydrogen-bond acceptors (Lipinski definition) is 4. The molecule has 128 valence electrons. The molecule has 24 heavy (non-hydrogen) atoms. The lowest BCUT2D eigenvalue weighted by Gasteiger charge is -2.10. The Morgan fingerprint density at radius 1 is 0.792 bits per heavy atom. The van der Waals surface area contributed by atoms with E-state index in [-0.39, 0.29) is 15.8 Å². The van der Waals surface area contributed by atoms with Gasteiger partial charge in [0.05, 0.1) is 9.79 Å². The van der Waals surface area contributed by atoms with Gasteiger partial charge in [-0.2, -0.15) is 0 Å². The zero-order valence-corrected chi connectivity index (χ0v) is 15.7. The van der Waals surface area contributed by atoms with Crippen LogP contribution in [0.3, 0.4) is 0 Å². The molecule has 6 nitrogen and oxygen atoms in total. The van der Waals surface area contributed by atoms with Crippen molar-refractivity contribution in [3.63, 3.8) is 0 Å². The van der Waals surface area contributed by atoms with Crippen LogP contribution in [0.25, 0.3) is 0 Å². The molecule has 2 aromatic carbocycles. The summed E-state index contributed by atoms with van der Waals surface area (Å²) in [6, 6.07) is 11.9. The van der Waals surface area contributed by atoms with E-state index in [1.165, 1.54) is 36.4 Å². The van der Waals surface area contributed by atoms with Crippen LogP contribution in [-0.2, 0) is 20.0 Å². The highest BCUT2D eigenvalue weighted by Gasteiger charge is 2.27. The van der Waals surface area contributed by atoms with Gasteiger partial charge < -0.3 is 0 Å². The summed E-state index contributed by atoms with van der Waals surface area (Å²) in [5, 5.41) is 0. The quantitative estimate of drug-likeness (QED) is 0.736. The fraction of sp³-hybridized carbons (Fsp3) is 0.200. The number of benzene rings is 2. The van der Waals surface area contributed by atoms with Crippen LogP contribution < -0.4 is 9.44 Å². The lowest BCUT2D eigenvalue weighted by Crippen LogP contribution is -2.25. The molecule has 0 saturated heterocycles.